The molecule has 1 saturated carbocycles. The second-order valence-corrected chi connectivity index (χ2v) is 5.65. The SMILES string of the molecule is NCC1CCCCN1c1nccn1C1CCCC1. The average molecular weight is 248 g/mol. The highest BCUT2D eigenvalue weighted by Gasteiger charge is 2.27. The van der Waals surface area contributed by atoms with E-state index in [4.69, 9.17) is 5.73 Å². The van der Waals surface area contributed by atoms with E-state index >= 15 is 0 Å². The normalized spacial score (nSPS) is 25.8. The van der Waals surface area contributed by atoms with Crippen molar-refractivity contribution in [2.75, 3.05) is 18.0 Å². The standard InChI is InChI=1S/C14H24N4/c15-11-13-7-3-4-9-17(13)14-16-8-10-18(14)12-5-1-2-6-12/h8,10,12-13H,1-7,9,11,15H2. The molecule has 1 aliphatic heterocycles. The van der Waals surface area contributed by atoms with Gasteiger partial charge in [-0.15, -0.1) is 0 Å². The minimum Gasteiger partial charge on any atom is -0.338 e. The van der Waals surface area contributed by atoms with E-state index in [1.54, 1.807) is 0 Å². The lowest BCUT2D eigenvalue weighted by atomic mass is 10.0. The Morgan fingerprint density at radius 3 is 2.72 bits per heavy atom. The molecule has 2 N–H and O–H groups in total. The minimum absolute atomic E-state index is 0.487. The third kappa shape index (κ3) is 2.14. The Kier molecular flexibility index (Phi) is 3.55. The van der Waals surface area contributed by atoms with Gasteiger partial charge in [0.15, 0.2) is 0 Å². The van der Waals surface area contributed by atoms with Crippen LogP contribution in [0.3, 0.4) is 0 Å². The van der Waals surface area contributed by atoms with Gasteiger partial charge in [-0.2, -0.15) is 0 Å². The molecule has 2 heterocycles. The Bertz CT molecular complexity index is 381. The van der Waals surface area contributed by atoms with Crippen LogP contribution >= 0.6 is 0 Å². The molecule has 0 bridgehead atoms. The Labute approximate surface area is 109 Å². The molecule has 1 unspecified atom stereocenters. The number of nitrogens with zero attached hydrogens (tertiary/aromatic N) is 3. The van der Waals surface area contributed by atoms with Gasteiger partial charge in [0.1, 0.15) is 0 Å². The summed E-state index contributed by atoms with van der Waals surface area (Å²) in [5.41, 5.74) is 5.92. The smallest absolute Gasteiger partial charge is 0.205 e. The number of piperidine rings is 1. The summed E-state index contributed by atoms with van der Waals surface area (Å²) in [5, 5.41) is 0. The first-order valence-corrected chi connectivity index (χ1v) is 7.39. The van der Waals surface area contributed by atoms with E-state index in [1.165, 1.54) is 44.9 Å². The number of rotatable bonds is 3. The molecule has 2 fully saturated rings. The third-order valence-corrected chi connectivity index (χ3v) is 4.52. The molecule has 4 heteroatoms. The van der Waals surface area contributed by atoms with Crippen LogP contribution in [0.15, 0.2) is 12.4 Å². The predicted molar refractivity (Wildman–Crippen MR) is 73.8 cm³/mol. The molecule has 3 rings (SSSR count). The topological polar surface area (TPSA) is 47.1 Å². The van der Waals surface area contributed by atoms with Gasteiger partial charge in [-0.25, -0.2) is 4.98 Å². The molecule has 2 aliphatic rings. The van der Waals surface area contributed by atoms with Crippen LogP contribution < -0.4 is 10.6 Å². The molecular weight excluding hydrogens is 224 g/mol. The molecule has 1 saturated heterocycles. The van der Waals surface area contributed by atoms with Crippen molar-refractivity contribution in [2.24, 2.45) is 5.73 Å². The second kappa shape index (κ2) is 5.31. The van der Waals surface area contributed by atoms with Gasteiger partial charge in [-0.05, 0) is 32.1 Å². The highest BCUT2D eigenvalue weighted by atomic mass is 15.3. The third-order valence-electron chi connectivity index (χ3n) is 4.52. The van der Waals surface area contributed by atoms with Crippen molar-refractivity contribution in [3.63, 3.8) is 0 Å². The molecule has 1 atom stereocenters. The predicted octanol–water partition coefficient (Wildman–Crippen LogP) is 2.32. The van der Waals surface area contributed by atoms with Crippen LogP contribution in [0.2, 0.25) is 0 Å². The summed E-state index contributed by atoms with van der Waals surface area (Å²) in [6, 6.07) is 1.16. The van der Waals surface area contributed by atoms with Gasteiger partial charge in [0, 0.05) is 37.6 Å². The first kappa shape index (κ1) is 12.0. The highest BCUT2D eigenvalue weighted by molar-refractivity contribution is 5.35. The highest BCUT2D eigenvalue weighted by Crippen LogP contribution is 2.33. The fraction of sp³-hybridized carbons (Fsp3) is 0.786. The molecule has 0 spiro atoms. The van der Waals surface area contributed by atoms with Crippen LogP contribution in [0, 0.1) is 0 Å². The molecule has 100 valence electrons. The number of hydrogen-bond donors (Lipinski definition) is 1. The van der Waals surface area contributed by atoms with Gasteiger partial charge < -0.3 is 15.2 Å². The molecule has 18 heavy (non-hydrogen) atoms. The Hall–Kier alpha value is -1.03. The summed E-state index contributed by atoms with van der Waals surface area (Å²) in [7, 11) is 0. The molecule has 0 radical (unpaired) electrons. The Morgan fingerprint density at radius 1 is 1.17 bits per heavy atom. The second-order valence-electron chi connectivity index (χ2n) is 5.65. The van der Waals surface area contributed by atoms with Crippen molar-refractivity contribution < 1.29 is 0 Å². The van der Waals surface area contributed by atoms with E-state index in [9.17, 15) is 0 Å². The monoisotopic (exact) mass is 248 g/mol. The number of aromatic nitrogens is 2. The van der Waals surface area contributed by atoms with Crippen molar-refractivity contribution in [1.29, 1.82) is 0 Å². The van der Waals surface area contributed by atoms with E-state index in [0.29, 0.717) is 12.1 Å². The van der Waals surface area contributed by atoms with E-state index in [2.05, 4.69) is 20.6 Å². The van der Waals surface area contributed by atoms with E-state index in [0.717, 1.165) is 19.0 Å². The Balaban J connectivity index is 1.84. The zero-order chi connectivity index (χ0) is 12.4. The van der Waals surface area contributed by atoms with Crippen molar-refractivity contribution in [2.45, 2.75) is 57.0 Å². The molecule has 0 amide bonds. The minimum atomic E-state index is 0.487. The molecule has 1 aromatic heterocycles. The van der Waals surface area contributed by atoms with Crippen molar-refractivity contribution in [3.05, 3.63) is 12.4 Å². The van der Waals surface area contributed by atoms with Crippen LogP contribution in [0.4, 0.5) is 5.95 Å². The zero-order valence-corrected chi connectivity index (χ0v) is 11.1. The number of anilines is 1. The van der Waals surface area contributed by atoms with Crippen LogP contribution in [0.25, 0.3) is 0 Å². The lowest BCUT2D eigenvalue weighted by Gasteiger charge is -2.36. The summed E-state index contributed by atoms with van der Waals surface area (Å²) < 4.78 is 2.40. The van der Waals surface area contributed by atoms with E-state index in [1.807, 2.05) is 6.20 Å². The summed E-state index contributed by atoms with van der Waals surface area (Å²) in [6.07, 6.45) is 13.3. The lowest BCUT2D eigenvalue weighted by molar-refractivity contribution is 0.436. The lowest BCUT2D eigenvalue weighted by Crippen LogP contribution is -2.45. The summed E-state index contributed by atoms with van der Waals surface area (Å²) >= 11 is 0. The number of hydrogen-bond acceptors (Lipinski definition) is 3. The molecule has 1 aromatic rings. The summed E-state index contributed by atoms with van der Waals surface area (Å²) in [6.45, 7) is 1.86. The van der Waals surface area contributed by atoms with Crippen LogP contribution in [-0.4, -0.2) is 28.7 Å². The van der Waals surface area contributed by atoms with E-state index < -0.39 is 0 Å². The maximum Gasteiger partial charge on any atom is 0.205 e. The Morgan fingerprint density at radius 2 is 1.94 bits per heavy atom. The van der Waals surface area contributed by atoms with Gasteiger partial charge in [0.2, 0.25) is 5.95 Å². The van der Waals surface area contributed by atoms with Gasteiger partial charge >= 0.3 is 0 Å². The van der Waals surface area contributed by atoms with Crippen molar-refractivity contribution >= 4 is 5.95 Å². The fourth-order valence-corrected chi connectivity index (χ4v) is 3.50. The van der Waals surface area contributed by atoms with Crippen molar-refractivity contribution in [1.82, 2.24) is 9.55 Å². The molecule has 1 aliphatic carbocycles. The quantitative estimate of drug-likeness (QED) is 0.893. The van der Waals surface area contributed by atoms with Crippen LogP contribution in [-0.2, 0) is 0 Å². The summed E-state index contributed by atoms with van der Waals surface area (Å²) in [4.78, 5) is 7.06. The van der Waals surface area contributed by atoms with Gasteiger partial charge in [-0.3, -0.25) is 0 Å². The van der Waals surface area contributed by atoms with Gasteiger partial charge in [0.25, 0.3) is 0 Å². The van der Waals surface area contributed by atoms with Crippen LogP contribution in [0.5, 0.6) is 0 Å². The number of imidazole rings is 1. The van der Waals surface area contributed by atoms with E-state index in [-0.39, 0.29) is 0 Å². The molecular formula is C14H24N4. The van der Waals surface area contributed by atoms with Gasteiger partial charge in [0.05, 0.1) is 0 Å². The zero-order valence-electron chi connectivity index (χ0n) is 11.1. The molecule has 0 aromatic carbocycles. The largest absolute Gasteiger partial charge is 0.338 e. The maximum absolute atomic E-state index is 5.92. The first-order chi connectivity index (χ1) is 8.90. The first-order valence-electron chi connectivity index (χ1n) is 7.39. The van der Waals surface area contributed by atoms with Gasteiger partial charge in [-0.1, -0.05) is 12.8 Å². The fourth-order valence-electron chi connectivity index (χ4n) is 3.50. The molecule has 4 nitrogen and oxygen atoms in total. The van der Waals surface area contributed by atoms with Crippen LogP contribution in [0.1, 0.15) is 51.0 Å². The van der Waals surface area contributed by atoms with Crippen molar-refractivity contribution in [3.8, 4) is 0 Å². The summed E-state index contributed by atoms with van der Waals surface area (Å²) in [5.74, 6) is 1.16. The maximum atomic E-state index is 5.92. The number of nitrogens with two attached hydrogens (primary N) is 1. The average Bonchev–Trinajstić information content (AvgIpc) is 3.09.